The topological polar surface area (TPSA) is 28.6 Å². The first-order valence-corrected chi connectivity index (χ1v) is 8.90. The van der Waals surface area contributed by atoms with Gasteiger partial charge in [-0.05, 0) is 36.8 Å². The highest BCUT2D eigenvalue weighted by atomic mass is 16.5. The summed E-state index contributed by atoms with van der Waals surface area (Å²) in [6, 6.07) is 14.7. The minimum Gasteiger partial charge on any atom is -0.494 e. The molecule has 4 nitrogen and oxygen atoms in total. The Hall–Kier alpha value is -1.91. The predicted molar refractivity (Wildman–Crippen MR) is 97.3 cm³/mol. The van der Waals surface area contributed by atoms with Crippen LogP contribution in [-0.2, 0) is 13.0 Å². The second kappa shape index (κ2) is 8.81. The van der Waals surface area contributed by atoms with Gasteiger partial charge in [0, 0.05) is 57.6 Å². The van der Waals surface area contributed by atoms with E-state index in [0.29, 0.717) is 0 Å². The lowest BCUT2D eigenvalue weighted by Crippen LogP contribution is -2.46. The second-order valence-electron chi connectivity index (χ2n) is 6.27. The number of aromatic nitrogens is 1. The summed E-state index contributed by atoms with van der Waals surface area (Å²) in [5.41, 5.74) is 2.55. The highest BCUT2D eigenvalue weighted by Gasteiger charge is 2.16. The molecule has 1 aromatic carbocycles. The number of hydrogen-bond donors (Lipinski definition) is 0. The SMILES string of the molecule is CCOc1ccc(CN2CCN(CCc3ccccn3)CC2)cc1. The molecule has 1 fully saturated rings. The van der Waals surface area contributed by atoms with Crippen LogP contribution in [0.2, 0.25) is 0 Å². The molecule has 0 amide bonds. The van der Waals surface area contributed by atoms with E-state index in [1.165, 1.54) is 11.3 Å². The minimum atomic E-state index is 0.722. The average molecular weight is 325 g/mol. The van der Waals surface area contributed by atoms with Gasteiger partial charge in [0.05, 0.1) is 6.61 Å². The molecule has 0 bridgehead atoms. The third-order valence-corrected chi connectivity index (χ3v) is 4.52. The van der Waals surface area contributed by atoms with Gasteiger partial charge < -0.3 is 9.64 Å². The summed E-state index contributed by atoms with van der Waals surface area (Å²) in [7, 11) is 0. The summed E-state index contributed by atoms with van der Waals surface area (Å²) in [5.74, 6) is 0.959. The zero-order valence-corrected chi connectivity index (χ0v) is 14.5. The molecule has 1 saturated heterocycles. The second-order valence-corrected chi connectivity index (χ2v) is 6.27. The highest BCUT2D eigenvalue weighted by Crippen LogP contribution is 2.14. The lowest BCUT2D eigenvalue weighted by atomic mass is 10.2. The Morgan fingerprint density at radius 1 is 0.958 bits per heavy atom. The molecular weight excluding hydrogens is 298 g/mol. The van der Waals surface area contributed by atoms with Crippen LogP contribution < -0.4 is 4.74 Å². The first-order chi connectivity index (χ1) is 11.8. The van der Waals surface area contributed by atoms with Crippen LogP contribution >= 0.6 is 0 Å². The standard InChI is InChI=1S/C20H27N3O/c1-2-24-20-8-6-18(7-9-20)17-23-15-13-22(14-16-23)12-10-19-5-3-4-11-21-19/h3-9,11H,2,10,12-17H2,1H3. The maximum atomic E-state index is 5.50. The molecule has 1 aromatic heterocycles. The first kappa shape index (κ1) is 16.9. The monoisotopic (exact) mass is 325 g/mol. The van der Waals surface area contributed by atoms with Crippen LogP contribution in [0.1, 0.15) is 18.2 Å². The van der Waals surface area contributed by atoms with Crippen LogP contribution in [0.5, 0.6) is 5.75 Å². The maximum absolute atomic E-state index is 5.50. The Morgan fingerprint density at radius 2 is 1.71 bits per heavy atom. The van der Waals surface area contributed by atoms with E-state index in [9.17, 15) is 0 Å². The normalized spacial score (nSPS) is 16.2. The van der Waals surface area contributed by atoms with E-state index in [2.05, 4.69) is 51.2 Å². The number of piperazine rings is 1. The quantitative estimate of drug-likeness (QED) is 0.783. The van der Waals surface area contributed by atoms with E-state index in [4.69, 9.17) is 4.74 Å². The Bertz CT molecular complexity index is 592. The van der Waals surface area contributed by atoms with Gasteiger partial charge in [0.25, 0.3) is 0 Å². The van der Waals surface area contributed by atoms with Crippen LogP contribution in [0.3, 0.4) is 0 Å². The van der Waals surface area contributed by atoms with Crippen molar-refractivity contribution >= 4 is 0 Å². The van der Waals surface area contributed by atoms with E-state index in [-0.39, 0.29) is 0 Å². The zero-order chi connectivity index (χ0) is 16.6. The number of nitrogens with zero attached hydrogens (tertiary/aromatic N) is 3. The average Bonchev–Trinajstić information content (AvgIpc) is 2.64. The predicted octanol–water partition coefficient (Wildman–Crippen LogP) is 2.84. The molecule has 0 unspecified atom stereocenters. The number of benzene rings is 1. The van der Waals surface area contributed by atoms with Crippen LogP contribution in [0, 0.1) is 0 Å². The van der Waals surface area contributed by atoms with Gasteiger partial charge in [-0.3, -0.25) is 9.88 Å². The summed E-state index contributed by atoms with van der Waals surface area (Å²) < 4.78 is 5.50. The van der Waals surface area contributed by atoms with E-state index < -0.39 is 0 Å². The molecule has 1 aliphatic rings. The maximum Gasteiger partial charge on any atom is 0.119 e. The Balaban J connectivity index is 1.40. The summed E-state index contributed by atoms with van der Waals surface area (Å²) >= 11 is 0. The van der Waals surface area contributed by atoms with Crippen molar-refractivity contribution in [2.24, 2.45) is 0 Å². The molecule has 0 aliphatic carbocycles. The number of pyridine rings is 1. The Morgan fingerprint density at radius 3 is 2.38 bits per heavy atom. The van der Waals surface area contributed by atoms with Crippen molar-refractivity contribution in [1.82, 2.24) is 14.8 Å². The highest BCUT2D eigenvalue weighted by molar-refractivity contribution is 5.27. The van der Waals surface area contributed by atoms with Crippen LogP contribution in [-0.4, -0.2) is 54.1 Å². The lowest BCUT2D eigenvalue weighted by molar-refractivity contribution is 0.128. The molecule has 2 aromatic rings. The van der Waals surface area contributed by atoms with Gasteiger partial charge in [-0.1, -0.05) is 18.2 Å². The molecule has 0 radical (unpaired) electrons. The minimum absolute atomic E-state index is 0.722. The van der Waals surface area contributed by atoms with Gasteiger partial charge >= 0.3 is 0 Å². The fraction of sp³-hybridized carbons (Fsp3) is 0.450. The molecule has 128 valence electrons. The third kappa shape index (κ3) is 5.05. The Kier molecular flexibility index (Phi) is 6.21. The lowest BCUT2D eigenvalue weighted by Gasteiger charge is -2.34. The van der Waals surface area contributed by atoms with Crippen molar-refractivity contribution in [3.63, 3.8) is 0 Å². The van der Waals surface area contributed by atoms with E-state index in [0.717, 1.165) is 58.0 Å². The van der Waals surface area contributed by atoms with Crippen molar-refractivity contribution in [2.45, 2.75) is 19.9 Å². The van der Waals surface area contributed by atoms with E-state index >= 15 is 0 Å². The van der Waals surface area contributed by atoms with Crippen molar-refractivity contribution in [1.29, 1.82) is 0 Å². The van der Waals surface area contributed by atoms with E-state index in [1.54, 1.807) is 0 Å². The molecule has 0 spiro atoms. The molecule has 1 aliphatic heterocycles. The van der Waals surface area contributed by atoms with Crippen molar-refractivity contribution in [2.75, 3.05) is 39.3 Å². The third-order valence-electron chi connectivity index (χ3n) is 4.52. The first-order valence-electron chi connectivity index (χ1n) is 8.90. The van der Waals surface area contributed by atoms with Crippen molar-refractivity contribution in [3.8, 4) is 5.75 Å². The van der Waals surface area contributed by atoms with Crippen LogP contribution in [0.25, 0.3) is 0 Å². The van der Waals surface area contributed by atoms with Crippen LogP contribution in [0.4, 0.5) is 0 Å². The largest absolute Gasteiger partial charge is 0.494 e. The summed E-state index contributed by atoms with van der Waals surface area (Å²) in [6.07, 6.45) is 2.92. The molecule has 2 heterocycles. The van der Waals surface area contributed by atoms with Gasteiger partial charge in [-0.15, -0.1) is 0 Å². The van der Waals surface area contributed by atoms with Crippen molar-refractivity contribution in [3.05, 3.63) is 59.9 Å². The Labute approximate surface area is 145 Å². The number of rotatable bonds is 7. The van der Waals surface area contributed by atoms with Gasteiger partial charge in [0.15, 0.2) is 0 Å². The van der Waals surface area contributed by atoms with Gasteiger partial charge in [0.2, 0.25) is 0 Å². The number of hydrogen-bond acceptors (Lipinski definition) is 4. The van der Waals surface area contributed by atoms with Gasteiger partial charge in [0.1, 0.15) is 5.75 Å². The molecule has 24 heavy (non-hydrogen) atoms. The summed E-state index contributed by atoms with van der Waals surface area (Å²) in [5, 5.41) is 0. The van der Waals surface area contributed by atoms with Crippen molar-refractivity contribution < 1.29 is 4.74 Å². The number of ether oxygens (including phenoxy) is 1. The van der Waals surface area contributed by atoms with E-state index in [1.807, 2.05) is 19.2 Å². The fourth-order valence-corrected chi connectivity index (χ4v) is 3.11. The molecule has 0 atom stereocenters. The van der Waals surface area contributed by atoms with Gasteiger partial charge in [-0.2, -0.15) is 0 Å². The summed E-state index contributed by atoms with van der Waals surface area (Å²) in [6.45, 7) is 9.42. The zero-order valence-electron chi connectivity index (χ0n) is 14.5. The smallest absolute Gasteiger partial charge is 0.119 e. The summed E-state index contributed by atoms with van der Waals surface area (Å²) in [4.78, 5) is 9.49. The van der Waals surface area contributed by atoms with Gasteiger partial charge in [-0.25, -0.2) is 0 Å². The fourth-order valence-electron chi connectivity index (χ4n) is 3.11. The molecule has 0 saturated carbocycles. The molecule has 3 rings (SSSR count). The van der Waals surface area contributed by atoms with Crippen LogP contribution in [0.15, 0.2) is 48.7 Å². The molecule has 4 heteroatoms. The molecule has 0 N–H and O–H groups in total. The molecular formula is C20H27N3O.